The first-order valence-electron chi connectivity index (χ1n) is 1.23. The molecule has 0 aromatic heterocycles. The summed E-state index contributed by atoms with van der Waals surface area (Å²) in [7, 11) is -8.35. The van der Waals surface area contributed by atoms with Gasteiger partial charge in [-0.3, -0.25) is 4.55 Å². The van der Waals surface area contributed by atoms with Gasteiger partial charge in [0.05, 0.1) is 0 Å². The lowest BCUT2D eigenvalue weighted by molar-refractivity contribution is -0.178. The molecule has 0 amide bonds. The van der Waals surface area contributed by atoms with Gasteiger partial charge in [-0.25, -0.2) is 0 Å². The SMILES string of the molecule is O=[P+]([O-])OS(=O)(=O)O.[Al]. The van der Waals surface area contributed by atoms with Gasteiger partial charge in [-0.05, 0) is 4.57 Å². The van der Waals surface area contributed by atoms with Crippen molar-refractivity contribution in [2.75, 3.05) is 0 Å². The molecule has 51 valence electrons. The van der Waals surface area contributed by atoms with Crippen LogP contribution in [-0.2, 0) is 18.9 Å². The van der Waals surface area contributed by atoms with Crippen LogP contribution in [0.1, 0.15) is 0 Å². The smallest absolute Gasteiger partial charge is 0.507 e. The molecule has 0 aromatic carbocycles. The minimum absolute atomic E-state index is 0. The first-order chi connectivity index (χ1) is 3.42. The zero-order valence-corrected chi connectivity index (χ0v) is 6.79. The van der Waals surface area contributed by atoms with E-state index in [1.165, 1.54) is 0 Å². The summed E-state index contributed by atoms with van der Waals surface area (Å²) in [6, 6.07) is 0. The van der Waals surface area contributed by atoms with Crippen molar-refractivity contribution in [1.29, 1.82) is 0 Å². The van der Waals surface area contributed by atoms with E-state index in [4.69, 9.17) is 4.55 Å². The van der Waals surface area contributed by atoms with Crippen LogP contribution in [0.25, 0.3) is 0 Å². The van der Waals surface area contributed by atoms with Gasteiger partial charge in [0.15, 0.2) is 0 Å². The highest BCUT2D eigenvalue weighted by atomic mass is 32.3. The van der Waals surface area contributed by atoms with E-state index in [-0.39, 0.29) is 17.4 Å². The molecule has 1 atom stereocenters. The highest BCUT2D eigenvalue weighted by Crippen LogP contribution is 2.11. The number of hydrogen-bond acceptors (Lipinski definition) is 5. The third-order valence-electron chi connectivity index (χ3n) is 0.155. The zero-order valence-electron chi connectivity index (χ0n) is 3.92. The van der Waals surface area contributed by atoms with Gasteiger partial charge >= 0.3 is 18.7 Å². The van der Waals surface area contributed by atoms with Crippen LogP contribution >= 0.6 is 8.25 Å². The lowest BCUT2D eigenvalue weighted by atomic mass is 15.8. The average Bonchev–Trinajstić information content (AvgIpc) is 1.21. The van der Waals surface area contributed by atoms with Gasteiger partial charge in [0.2, 0.25) is 0 Å². The molecule has 0 rings (SSSR count). The normalized spacial score (nSPS) is 12.0. The van der Waals surface area contributed by atoms with Gasteiger partial charge in [0.25, 0.3) is 0 Å². The summed E-state index contributed by atoms with van der Waals surface area (Å²) in [6.45, 7) is 0. The number of hydrogen-bond donors (Lipinski definition) is 1. The lowest BCUT2D eigenvalue weighted by Gasteiger charge is -1.81. The zero-order chi connectivity index (χ0) is 6.78. The van der Waals surface area contributed by atoms with E-state index in [0.29, 0.717) is 0 Å². The standard InChI is InChI=1S/Al.HO6PS/c;1-7(2)6-8(3,4)5/h;(H,3,4,5). The summed E-state index contributed by atoms with van der Waals surface area (Å²) in [5.74, 6) is 0. The van der Waals surface area contributed by atoms with E-state index in [2.05, 4.69) is 3.97 Å². The maximum atomic E-state index is 9.39. The molecular weight excluding hydrogens is 186 g/mol. The summed E-state index contributed by atoms with van der Waals surface area (Å²) in [5, 5.41) is 0. The topological polar surface area (TPSA) is 104 Å². The maximum Gasteiger partial charge on any atom is 0.507 e. The summed E-state index contributed by atoms with van der Waals surface area (Å²) in [6.07, 6.45) is 0. The van der Waals surface area contributed by atoms with Crippen LogP contribution < -0.4 is 4.89 Å². The largest absolute Gasteiger partial charge is 0.566 e. The fraction of sp³-hybridized carbons (Fsp3) is 0. The number of rotatable bonds is 2. The van der Waals surface area contributed by atoms with Crippen LogP contribution in [0, 0.1) is 0 Å². The van der Waals surface area contributed by atoms with Crippen LogP contribution in [0.15, 0.2) is 0 Å². The molecule has 0 saturated carbocycles. The molecule has 0 aliphatic heterocycles. The van der Waals surface area contributed by atoms with Crippen molar-refractivity contribution in [2.45, 2.75) is 0 Å². The van der Waals surface area contributed by atoms with Crippen molar-refractivity contribution in [3.05, 3.63) is 0 Å². The summed E-state index contributed by atoms with van der Waals surface area (Å²) in [5.41, 5.74) is 0. The highest BCUT2D eigenvalue weighted by Gasteiger charge is 2.15. The molecule has 0 fully saturated rings. The molecule has 0 aliphatic carbocycles. The second-order valence-corrected chi connectivity index (χ2v) is 2.62. The van der Waals surface area contributed by atoms with E-state index in [1.807, 2.05) is 0 Å². The Morgan fingerprint density at radius 2 is 1.89 bits per heavy atom. The van der Waals surface area contributed by atoms with Gasteiger partial charge in [0, 0.05) is 21.3 Å². The summed E-state index contributed by atoms with van der Waals surface area (Å²) >= 11 is 0. The van der Waals surface area contributed by atoms with E-state index >= 15 is 0 Å². The molecule has 0 bridgehead atoms. The molecule has 9 heavy (non-hydrogen) atoms. The average molecular weight is 187 g/mol. The molecule has 9 heteroatoms. The van der Waals surface area contributed by atoms with Crippen molar-refractivity contribution >= 4 is 36.0 Å². The van der Waals surface area contributed by atoms with Crippen molar-refractivity contribution in [3.8, 4) is 0 Å². The molecule has 1 N–H and O–H groups in total. The first-order valence-corrected chi connectivity index (χ1v) is 3.69. The van der Waals surface area contributed by atoms with Gasteiger partial charge in [-0.1, -0.05) is 0 Å². The molecule has 0 saturated heterocycles. The Morgan fingerprint density at radius 3 is 1.89 bits per heavy atom. The Balaban J connectivity index is 0. The lowest BCUT2D eigenvalue weighted by Crippen LogP contribution is -2.00. The molecule has 0 aromatic rings. The van der Waals surface area contributed by atoms with Gasteiger partial charge in [-0.15, -0.1) is 0 Å². The van der Waals surface area contributed by atoms with Crippen LogP contribution in [0.2, 0.25) is 0 Å². The highest BCUT2D eigenvalue weighted by molar-refractivity contribution is 7.84. The fourth-order valence-electron chi connectivity index (χ4n) is 0.0769. The van der Waals surface area contributed by atoms with Crippen LogP contribution in [0.3, 0.4) is 0 Å². The van der Waals surface area contributed by atoms with Crippen molar-refractivity contribution in [3.63, 3.8) is 0 Å². The third-order valence-corrected chi connectivity index (χ3v) is 1.40. The minimum atomic E-state index is -4.82. The molecule has 3 radical (unpaired) electrons. The fourth-order valence-corrected chi connectivity index (χ4v) is 0.692. The Labute approximate surface area is 62.9 Å². The summed E-state index contributed by atoms with van der Waals surface area (Å²) in [4.78, 5) is 9.29. The summed E-state index contributed by atoms with van der Waals surface area (Å²) < 4.78 is 38.5. The molecular formula is HAlO6PS. The first kappa shape index (κ1) is 12.2. The van der Waals surface area contributed by atoms with Crippen LogP contribution in [0.5, 0.6) is 0 Å². The third kappa shape index (κ3) is 11.8. The maximum absolute atomic E-state index is 9.39. The predicted octanol–water partition coefficient (Wildman–Crippen LogP) is -1.56. The molecule has 6 nitrogen and oxygen atoms in total. The van der Waals surface area contributed by atoms with Crippen LogP contribution in [-0.4, -0.2) is 30.3 Å². The van der Waals surface area contributed by atoms with Crippen molar-refractivity contribution in [2.24, 2.45) is 0 Å². The minimum Gasteiger partial charge on any atom is -0.566 e. The van der Waals surface area contributed by atoms with Crippen molar-refractivity contribution in [1.82, 2.24) is 0 Å². The van der Waals surface area contributed by atoms with E-state index in [1.54, 1.807) is 0 Å². The second kappa shape index (κ2) is 4.31. The molecule has 1 unspecified atom stereocenters. The quantitative estimate of drug-likeness (QED) is 0.318. The Bertz CT molecular complexity index is 179. The Hall–Kier alpha value is 0.462. The van der Waals surface area contributed by atoms with Crippen LogP contribution in [0.4, 0.5) is 0 Å². The van der Waals surface area contributed by atoms with Gasteiger partial charge in [0.1, 0.15) is 0 Å². The monoisotopic (exact) mass is 187 g/mol. The Morgan fingerprint density at radius 1 is 1.56 bits per heavy atom. The molecule has 0 heterocycles. The molecule has 0 spiro atoms. The van der Waals surface area contributed by atoms with E-state index < -0.39 is 18.7 Å². The second-order valence-electron chi connectivity index (χ2n) is 0.726. The van der Waals surface area contributed by atoms with Crippen molar-refractivity contribution < 1.29 is 26.4 Å². The Kier molecular flexibility index (Phi) is 5.82. The van der Waals surface area contributed by atoms with Gasteiger partial charge < -0.3 is 4.89 Å². The van der Waals surface area contributed by atoms with E-state index in [0.717, 1.165) is 0 Å². The predicted molar refractivity (Wildman–Crippen MR) is 26.0 cm³/mol. The van der Waals surface area contributed by atoms with Gasteiger partial charge in [-0.2, -0.15) is 8.42 Å². The molecule has 0 aliphatic rings. The van der Waals surface area contributed by atoms with E-state index in [9.17, 15) is 17.9 Å².